The van der Waals surface area contributed by atoms with Crippen molar-refractivity contribution in [2.75, 3.05) is 11.9 Å². The van der Waals surface area contributed by atoms with Gasteiger partial charge in [-0.25, -0.2) is 0 Å². The highest BCUT2D eigenvalue weighted by molar-refractivity contribution is 6.36. The lowest BCUT2D eigenvalue weighted by atomic mass is 9.54. The van der Waals surface area contributed by atoms with E-state index in [1.807, 2.05) is 80.6 Å². The first-order valence-electron chi connectivity index (χ1n) is 13.5. The molecule has 3 aromatic carbocycles. The van der Waals surface area contributed by atoms with Crippen LogP contribution in [0, 0.1) is 25.7 Å². The Labute approximate surface area is 238 Å². The fourth-order valence-electron chi connectivity index (χ4n) is 6.72. The lowest BCUT2D eigenvalue weighted by Gasteiger charge is -2.54. The van der Waals surface area contributed by atoms with E-state index in [0.29, 0.717) is 25.7 Å². The number of amides is 3. The van der Waals surface area contributed by atoms with Crippen LogP contribution in [-0.2, 0) is 24.1 Å². The second-order valence-corrected chi connectivity index (χ2v) is 12.1. The predicted octanol–water partition coefficient (Wildman–Crippen LogP) is 6.40. The number of unbranched alkanes of at least 4 members (excludes halogenated alkanes) is 2. The second kappa shape index (κ2) is 9.50. The summed E-state index contributed by atoms with van der Waals surface area (Å²) >= 11 is 14.9. The van der Waals surface area contributed by atoms with E-state index >= 15 is 0 Å². The SMILES string of the molecule is Cc1ccc(NC(=O)CCCCCN2C(=O)[C@@H]3[C@H](C2=O)C2(Cl)c4ccccc4C3(Cl)c3ccccc32)cc1C. The molecule has 3 amide bonds. The number of anilines is 1. The molecule has 0 radical (unpaired) electrons. The fourth-order valence-corrected chi connectivity index (χ4v) is 7.82. The van der Waals surface area contributed by atoms with Crippen molar-refractivity contribution >= 4 is 46.6 Å². The Balaban J connectivity index is 1.15. The molecule has 2 atom stereocenters. The van der Waals surface area contributed by atoms with Gasteiger partial charge in [-0.2, -0.15) is 0 Å². The molecule has 0 unspecified atom stereocenters. The highest BCUT2D eigenvalue weighted by Gasteiger charge is 2.72. The maximum atomic E-state index is 13.8. The van der Waals surface area contributed by atoms with Crippen LogP contribution in [0.5, 0.6) is 0 Å². The first-order valence-corrected chi connectivity index (χ1v) is 14.2. The number of carbonyl (C=O) groups excluding carboxylic acids is 3. The van der Waals surface area contributed by atoms with Crippen LogP contribution in [0.15, 0.2) is 66.7 Å². The van der Waals surface area contributed by atoms with Crippen LogP contribution < -0.4 is 5.32 Å². The van der Waals surface area contributed by atoms with Crippen molar-refractivity contribution in [1.82, 2.24) is 4.90 Å². The Morgan fingerprint density at radius 3 is 1.77 bits per heavy atom. The van der Waals surface area contributed by atoms with Gasteiger partial charge in [0.1, 0.15) is 9.75 Å². The third-order valence-electron chi connectivity index (χ3n) is 8.75. The van der Waals surface area contributed by atoms with Gasteiger partial charge in [-0.3, -0.25) is 19.3 Å². The van der Waals surface area contributed by atoms with Crippen LogP contribution >= 0.6 is 23.2 Å². The van der Waals surface area contributed by atoms with Crippen molar-refractivity contribution in [2.45, 2.75) is 49.3 Å². The lowest BCUT2D eigenvalue weighted by molar-refractivity contribution is -0.140. The Morgan fingerprint density at radius 2 is 1.28 bits per heavy atom. The van der Waals surface area contributed by atoms with Crippen LogP contribution in [-0.4, -0.2) is 29.2 Å². The van der Waals surface area contributed by atoms with E-state index in [1.54, 1.807) is 0 Å². The van der Waals surface area contributed by atoms with Crippen molar-refractivity contribution in [3.05, 3.63) is 100 Å². The molecule has 2 bridgehead atoms. The van der Waals surface area contributed by atoms with Gasteiger partial charge in [0.15, 0.2) is 0 Å². The number of nitrogens with one attached hydrogen (secondary N) is 1. The highest BCUT2D eigenvalue weighted by atomic mass is 35.5. The minimum atomic E-state index is -1.15. The van der Waals surface area contributed by atoms with Crippen molar-refractivity contribution in [1.29, 1.82) is 0 Å². The van der Waals surface area contributed by atoms with E-state index in [4.69, 9.17) is 23.2 Å². The van der Waals surface area contributed by atoms with Gasteiger partial charge in [0.05, 0.1) is 11.8 Å². The average Bonchev–Trinajstić information content (AvgIpc) is 3.19. The van der Waals surface area contributed by atoms with E-state index in [0.717, 1.165) is 33.5 Å². The van der Waals surface area contributed by atoms with Gasteiger partial charge >= 0.3 is 0 Å². The summed E-state index contributed by atoms with van der Waals surface area (Å²) < 4.78 is 0. The smallest absolute Gasteiger partial charge is 0.235 e. The third kappa shape index (κ3) is 3.77. The monoisotopic (exact) mass is 560 g/mol. The zero-order chi connectivity index (χ0) is 27.5. The standard InChI is InChI=1S/C32H30Cl2N2O3/c1-19-15-16-21(18-20(19)2)35-26(37)14-4-3-9-17-36-29(38)27-28(30(36)39)32(34)23-11-6-5-10-22(23)31(27,33)24-12-7-8-13-25(24)32/h5-8,10-13,15-16,18,27-28H,3-4,9,14,17H2,1-2H3,(H,35,37)/t27-,28+,31?,32?. The van der Waals surface area contributed by atoms with Crippen LogP contribution in [0.2, 0.25) is 0 Å². The molecule has 0 aromatic heterocycles. The lowest BCUT2D eigenvalue weighted by Crippen LogP contribution is -2.57. The van der Waals surface area contributed by atoms with E-state index in [1.165, 1.54) is 10.5 Å². The molecular formula is C32H30Cl2N2O3. The number of hydrogen-bond donors (Lipinski definition) is 1. The van der Waals surface area contributed by atoms with Crippen molar-refractivity contribution in [3.8, 4) is 0 Å². The Bertz CT molecular complexity index is 1400. The number of hydrogen-bond acceptors (Lipinski definition) is 3. The van der Waals surface area contributed by atoms with E-state index in [-0.39, 0.29) is 24.3 Å². The maximum absolute atomic E-state index is 13.8. The molecule has 0 saturated carbocycles. The molecular weight excluding hydrogens is 531 g/mol. The van der Waals surface area contributed by atoms with Crippen LogP contribution in [0.3, 0.4) is 0 Å². The van der Waals surface area contributed by atoms with Crippen LogP contribution in [0.4, 0.5) is 5.69 Å². The zero-order valence-corrected chi connectivity index (χ0v) is 23.5. The molecule has 1 N–H and O–H groups in total. The molecule has 3 aliphatic carbocycles. The number of imide groups is 1. The molecule has 0 spiro atoms. The number of halogens is 2. The molecule has 1 aliphatic heterocycles. The normalized spacial score (nSPS) is 26.3. The van der Waals surface area contributed by atoms with Crippen molar-refractivity contribution in [3.63, 3.8) is 0 Å². The second-order valence-electron chi connectivity index (χ2n) is 11.0. The molecule has 1 heterocycles. The highest BCUT2D eigenvalue weighted by Crippen LogP contribution is 2.69. The van der Waals surface area contributed by atoms with Gasteiger partial charge < -0.3 is 5.32 Å². The fraction of sp³-hybridized carbons (Fsp3) is 0.344. The van der Waals surface area contributed by atoms with E-state index < -0.39 is 21.6 Å². The molecule has 5 nitrogen and oxygen atoms in total. The Kier molecular flexibility index (Phi) is 6.35. The first kappa shape index (κ1) is 26.1. The largest absolute Gasteiger partial charge is 0.326 e. The summed E-state index contributed by atoms with van der Waals surface area (Å²) in [4.78, 5) is 39.1. The van der Waals surface area contributed by atoms with Gasteiger partial charge in [-0.15, -0.1) is 23.2 Å². The van der Waals surface area contributed by atoms with Crippen LogP contribution in [0.1, 0.15) is 59.1 Å². The number of likely N-dealkylation sites (tertiary alicyclic amines) is 1. The molecule has 7 rings (SSSR count). The molecule has 200 valence electrons. The number of alkyl halides is 2. The summed E-state index contributed by atoms with van der Waals surface area (Å²) in [5.74, 6) is -2.10. The van der Waals surface area contributed by atoms with Gasteiger partial charge in [0.25, 0.3) is 0 Å². The summed E-state index contributed by atoms with van der Waals surface area (Å²) in [7, 11) is 0. The summed E-state index contributed by atoms with van der Waals surface area (Å²) in [5.41, 5.74) is 6.32. The zero-order valence-electron chi connectivity index (χ0n) is 22.0. The van der Waals surface area contributed by atoms with Gasteiger partial charge in [-0.05, 0) is 72.2 Å². The van der Waals surface area contributed by atoms with E-state index in [2.05, 4.69) is 5.32 Å². The topological polar surface area (TPSA) is 66.5 Å². The first-order chi connectivity index (χ1) is 18.7. The van der Waals surface area contributed by atoms with Gasteiger partial charge in [0, 0.05) is 18.7 Å². The molecule has 1 fully saturated rings. The van der Waals surface area contributed by atoms with Crippen molar-refractivity contribution < 1.29 is 14.4 Å². The third-order valence-corrected chi connectivity index (χ3v) is 10.0. The molecule has 4 aliphatic rings. The minimum absolute atomic E-state index is 0.0436. The minimum Gasteiger partial charge on any atom is -0.326 e. The number of benzene rings is 3. The summed E-state index contributed by atoms with van der Waals surface area (Å²) in [6, 6.07) is 21.2. The Hall–Kier alpha value is -3.15. The number of aryl methyl sites for hydroxylation is 2. The Morgan fingerprint density at radius 1 is 0.769 bits per heavy atom. The number of carbonyl (C=O) groups is 3. The molecule has 1 saturated heterocycles. The molecule has 39 heavy (non-hydrogen) atoms. The maximum Gasteiger partial charge on any atom is 0.235 e. The number of nitrogens with zero attached hydrogens (tertiary/aromatic N) is 1. The van der Waals surface area contributed by atoms with Gasteiger partial charge in [-0.1, -0.05) is 61.0 Å². The predicted molar refractivity (Wildman–Crippen MR) is 153 cm³/mol. The number of rotatable bonds is 7. The van der Waals surface area contributed by atoms with Crippen molar-refractivity contribution in [2.24, 2.45) is 11.8 Å². The molecule has 3 aromatic rings. The summed E-state index contributed by atoms with van der Waals surface area (Å²) in [5, 5.41) is 2.95. The molecule has 7 heteroatoms. The average molecular weight is 562 g/mol. The van der Waals surface area contributed by atoms with Crippen LogP contribution in [0.25, 0.3) is 0 Å². The van der Waals surface area contributed by atoms with Gasteiger partial charge in [0.2, 0.25) is 17.7 Å². The summed E-state index contributed by atoms with van der Waals surface area (Å²) in [6.07, 6.45) is 2.36. The van der Waals surface area contributed by atoms with E-state index in [9.17, 15) is 14.4 Å². The summed E-state index contributed by atoms with van der Waals surface area (Å²) in [6.45, 7) is 4.34. The quantitative estimate of drug-likeness (QED) is 0.206.